The van der Waals surface area contributed by atoms with Gasteiger partial charge in [0.1, 0.15) is 11.5 Å². The molecule has 0 saturated heterocycles. The highest BCUT2D eigenvalue weighted by atomic mass is 79.9. The van der Waals surface area contributed by atoms with Gasteiger partial charge in [-0.2, -0.15) is 0 Å². The van der Waals surface area contributed by atoms with Gasteiger partial charge in [-0.1, -0.05) is 15.9 Å². The van der Waals surface area contributed by atoms with Crippen LogP contribution in [0.3, 0.4) is 0 Å². The number of rotatable bonds is 7. The summed E-state index contributed by atoms with van der Waals surface area (Å²) in [7, 11) is 2.96. The van der Waals surface area contributed by atoms with E-state index in [9.17, 15) is 14.7 Å². The lowest BCUT2D eigenvalue weighted by atomic mass is 9.90. The van der Waals surface area contributed by atoms with Crippen LogP contribution in [0.1, 0.15) is 25.3 Å². The van der Waals surface area contributed by atoms with E-state index < -0.39 is 17.1 Å². The van der Waals surface area contributed by atoms with Gasteiger partial charge in [-0.15, -0.1) is 0 Å². The molecule has 0 saturated carbocycles. The van der Waals surface area contributed by atoms with Crippen LogP contribution in [0.5, 0.6) is 11.5 Å². The number of carbonyl (C=O) groups excluding carboxylic acids is 2. The second-order valence-corrected chi connectivity index (χ2v) is 6.34. The Kier molecular flexibility index (Phi) is 5.94. The SMILES string of the molecule is COc1ccc(OC)c(C2(C)OC(NC(=O)CCCBr)=C(O)C2=O)c1. The monoisotopic (exact) mass is 413 g/mol. The fourth-order valence-electron chi connectivity index (χ4n) is 2.49. The van der Waals surface area contributed by atoms with E-state index in [1.807, 2.05) is 0 Å². The van der Waals surface area contributed by atoms with Crippen molar-refractivity contribution in [1.29, 1.82) is 0 Å². The van der Waals surface area contributed by atoms with Crippen LogP contribution in [0, 0.1) is 0 Å². The summed E-state index contributed by atoms with van der Waals surface area (Å²) in [5, 5.41) is 13.2. The standard InChI is InChI=1S/C17H20BrNO6/c1-17(11-9-10(23-2)6-7-12(11)24-3)15(22)14(21)16(25-17)19-13(20)5-4-8-18/h6-7,9,21H,4-5,8H2,1-3H3,(H,19,20). The Labute approximate surface area is 154 Å². The van der Waals surface area contributed by atoms with Crippen LogP contribution in [0.15, 0.2) is 29.8 Å². The molecule has 1 aliphatic heterocycles. The van der Waals surface area contributed by atoms with Crippen LogP contribution in [0.2, 0.25) is 0 Å². The molecule has 1 atom stereocenters. The summed E-state index contributed by atoms with van der Waals surface area (Å²) < 4.78 is 16.1. The maximum absolute atomic E-state index is 12.6. The zero-order valence-electron chi connectivity index (χ0n) is 14.2. The van der Waals surface area contributed by atoms with Gasteiger partial charge in [0.05, 0.1) is 14.2 Å². The van der Waals surface area contributed by atoms with E-state index >= 15 is 0 Å². The third-order valence-corrected chi connectivity index (χ3v) is 4.44. The molecule has 0 radical (unpaired) electrons. The second-order valence-electron chi connectivity index (χ2n) is 5.55. The van der Waals surface area contributed by atoms with Crippen molar-refractivity contribution in [2.75, 3.05) is 19.5 Å². The number of aliphatic hydroxyl groups is 1. The molecule has 2 rings (SSSR count). The van der Waals surface area contributed by atoms with Gasteiger partial charge in [0.2, 0.25) is 23.2 Å². The number of hydrogen-bond donors (Lipinski definition) is 2. The number of carbonyl (C=O) groups is 2. The number of halogens is 1. The average Bonchev–Trinajstić information content (AvgIpc) is 2.84. The van der Waals surface area contributed by atoms with Crippen LogP contribution >= 0.6 is 15.9 Å². The lowest BCUT2D eigenvalue weighted by Gasteiger charge is -2.25. The molecule has 2 N–H and O–H groups in total. The van der Waals surface area contributed by atoms with E-state index in [0.717, 1.165) is 0 Å². The molecule has 25 heavy (non-hydrogen) atoms. The van der Waals surface area contributed by atoms with Crippen molar-refractivity contribution in [3.63, 3.8) is 0 Å². The molecule has 0 aliphatic carbocycles. The molecule has 0 fully saturated rings. The predicted octanol–water partition coefficient (Wildman–Crippen LogP) is 2.54. The van der Waals surface area contributed by atoms with E-state index in [-0.39, 0.29) is 18.2 Å². The van der Waals surface area contributed by atoms with Gasteiger partial charge in [-0.25, -0.2) is 0 Å². The normalized spacial score (nSPS) is 19.6. The molecule has 0 bridgehead atoms. The summed E-state index contributed by atoms with van der Waals surface area (Å²) in [6.07, 6.45) is 0.855. The minimum Gasteiger partial charge on any atom is -0.501 e. The Morgan fingerprint density at radius 2 is 2.08 bits per heavy atom. The Morgan fingerprint density at radius 3 is 2.68 bits per heavy atom. The average molecular weight is 414 g/mol. The molecule has 1 amide bonds. The van der Waals surface area contributed by atoms with Crippen molar-refractivity contribution >= 4 is 27.6 Å². The lowest BCUT2D eigenvalue weighted by molar-refractivity contribution is -0.133. The number of benzene rings is 1. The highest BCUT2D eigenvalue weighted by Crippen LogP contribution is 2.42. The topological polar surface area (TPSA) is 94.1 Å². The number of Topliss-reactive ketones (excluding diaryl/α,β-unsaturated/α-hetero) is 1. The molecule has 7 nitrogen and oxygen atoms in total. The molecule has 8 heteroatoms. The van der Waals surface area contributed by atoms with Crippen LogP contribution < -0.4 is 14.8 Å². The maximum atomic E-state index is 12.6. The molecular formula is C17H20BrNO6. The predicted molar refractivity (Wildman–Crippen MR) is 93.8 cm³/mol. The summed E-state index contributed by atoms with van der Waals surface area (Å²) in [4.78, 5) is 24.5. The summed E-state index contributed by atoms with van der Waals surface area (Å²) in [6.45, 7) is 1.50. The Hall–Kier alpha value is -2.22. The van der Waals surface area contributed by atoms with Gasteiger partial charge < -0.3 is 19.3 Å². The second kappa shape index (κ2) is 7.77. The lowest BCUT2D eigenvalue weighted by Crippen LogP contribution is -2.32. The van der Waals surface area contributed by atoms with Crippen LogP contribution in [-0.4, -0.2) is 36.3 Å². The van der Waals surface area contributed by atoms with Crippen molar-refractivity contribution < 1.29 is 28.9 Å². The number of ketones is 1. The Bertz CT molecular complexity index is 717. The Balaban J connectivity index is 2.32. The van der Waals surface area contributed by atoms with E-state index in [1.54, 1.807) is 18.2 Å². The molecule has 0 spiro atoms. The first-order valence-electron chi connectivity index (χ1n) is 7.62. The summed E-state index contributed by atoms with van der Waals surface area (Å²) in [5.74, 6) is -0.999. The molecule has 1 aromatic carbocycles. The third kappa shape index (κ3) is 3.73. The van der Waals surface area contributed by atoms with Crippen molar-refractivity contribution in [3.8, 4) is 11.5 Å². The highest BCUT2D eigenvalue weighted by Gasteiger charge is 2.50. The zero-order valence-corrected chi connectivity index (χ0v) is 15.8. The number of nitrogens with one attached hydrogen (secondary N) is 1. The summed E-state index contributed by atoms with van der Waals surface area (Å²) in [5.41, 5.74) is -1.15. The quantitative estimate of drug-likeness (QED) is 0.667. The van der Waals surface area contributed by atoms with Gasteiger partial charge >= 0.3 is 0 Å². The van der Waals surface area contributed by atoms with Crippen LogP contribution in [0.4, 0.5) is 0 Å². The molecule has 1 heterocycles. The fraction of sp³-hybridized carbons (Fsp3) is 0.412. The van der Waals surface area contributed by atoms with Crippen LogP contribution in [-0.2, 0) is 19.9 Å². The first kappa shape index (κ1) is 19.1. The third-order valence-electron chi connectivity index (χ3n) is 3.88. The fourth-order valence-corrected chi connectivity index (χ4v) is 2.77. The minimum absolute atomic E-state index is 0.235. The van der Waals surface area contributed by atoms with E-state index in [2.05, 4.69) is 21.2 Å². The van der Waals surface area contributed by atoms with Gasteiger partial charge in [0.15, 0.2) is 0 Å². The van der Waals surface area contributed by atoms with Crippen LogP contribution in [0.25, 0.3) is 0 Å². The number of ether oxygens (including phenoxy) is 3. The highest BCUT2D eigenvalue weighted by molar-refractivity contribution is 9.09. The van der Waals surface area contributed by atoms with Gasteiger partial charge in [-0.05, 0) is 31.5 Å². The molecule has 1 unspecified atom stereocenters. The Morgan fingerprint density at radius 1 is 1.36 bits per heavy atom. The number of hydrogen-bond acceptors (Lipinski definition) is 6. The van der Waals surface area contributed by atoms with E-state index in [1.165, 1.54) is 21.1 Å². The molecule has 0 aromatic heterocycles. The summed E-state index contributed by atoms with van der Waals surface area (Å²) >= 11 is 3.24. The van der Waals surface area contributed by atoms with Crippen molar-refractivity contribution in [2.24, 2.45) is 0 Å². The van der Waals surface area contributed by atoms with Crippen molar-refractivity contribution in [1.82, 2.24) is 5.32 Å². The van der Waals surface area contributed by atoms with Gasteiger partial charge in [-0.3, -0.25) is 14.9 Å². The molecule has 136 valence electrons. The molecule has 1 aromatic rings. The molecule has 1 aliphatic rings. The first-order chi connectivity index (χ1) is 11.9. The van der Waals surface area contributed by atoms with Gasteiger partial charge in [0.25, 0.3) is 5.78 Å². The van der Waals surface area contributed by atoms with E-state index in [0.29, 0.717) is 28.8 Å². The number of amides is 1. The summed E-state index contributed by atoms with van der Waals surface area (Å²) in [6, 6.07) is 4.92. The number of aliphatic hydroxyl groups excluding tert-OH is 1. The zero-order chi connectivity index (χ0) is 18.6. The largest absolute Gasteiger partial charge is 0.501 e. The smallest absolute Gasteiger partial charge is 0.250 e. The minimum atomic E-state index is -1.54. The van der Waals surface area contributed by atoms with E-state index in [4.69, 9.17) is 14.2 Å². The number of methoxy groups -OCH3 is 2. The first-order valence-corrected chi connectivity index (χ1v) is 8.75. The number of alkyl halides is 1. The molecular weight excluding hydrogens is 394 g/mol. The van der Waals surface area contributed by atoms with Gasteiger partial charge in [0, 0.05) is 17.3 Å². The maximum Gasteiger partial charge on any atom is 0.250 e. The van der Waals surface area contributed by atoms with Crippen molar-refractivity contribution in [3.05, 3.63) is 35.4 Å². The van der Waals surface area contributed by atoms with Crippen molar-refractivity contribution in [2.45, 2.75) is 25.4 Å².